The molecule has 1 aliphatic heterocycles. The summed E-state index contributed by atoms with van der Waals surface area (Å²) in [6.07, 6.45) is 11.0. The van der Waals surface area contributed by atoms with Crippen molar-refractivity contribution in [1.82, 2.24) is 5.32 Å². The van der Waals surface area contributed by atoms with Crippen LogP contribution in [-0.4, -0.2) is 6.54 Å². The van der Waals surface area contributed by atoms with Crippen LogP contribution in [0, 0.1) is 11.8 Å². The van der Waals surface area contributed by atoms with Gasteiger partial charge in [0.05, 0.1) is 4.61 Å². The van der Waals surface area contributed by atoms with Gasteiger partial charge in [0.2, 0.25) is 0 Å². The van der Waals surface area contributed by atoms with Crippen LogP contribution in [0.5, 0.6) is 0 Å². The van der Waals surface area contributed by atoms with Crippen molar-refractivity contribution < 1.29 is 0 Å². The highest BCUT2D eigenvalue weighted by Crippen LogP contribution is 2.34. The van der Waals surface area contributed by atoms with Crippen LogP contribution in [0.15, 0.2) is 10.7 Å². The van der Waals surface area contributed by atoms with Gasteiger partial charge in [-0.15, -0.1) is 0 Å². The van der Waals surface area contributed by atoms with E-state index in [9.17, 15) is 0 Å². The standard InChI is InChI=1S/C11H18BrN/c12-11-8-10(6-7-13-11)9-4-2-1-3-5-9/h8-10,13H,1-7H2. The summed E-state index contributed by atoms with van der Waals surface area (Å²) in [6.45, 7) is 1.15. The molecule has 2 heteroatoms. The van der Waals surface area contributed by atoms with E-state index < -0.39 is 0 Å². The molecule has 1 fully saturated rings. The van der Waals surface area contributed by atoms with Gasteiger partial charge in [-0.25, -0.2) is 0 Å². The van der Waals surface area contributed by atoms with Gasteiger partial charge in [-0.3, -0.25) is 0 Å². The molecule has 1 nitrogen and oxygen atoms in total. The molecule has 13 heavy (non-hydrogen) atoms. The molecule has 1 N–H and O–H groups in total. The third kappa shape index (κ3) is 2.49. The number of rotatable bonds is 1. The maximum Gasteiger partial charge on any atom is 0.0742 e. The molecule has 1 atom stereocenters. The van der Waals surface area contributed by atoms with E-state index in [0.717, 1.165) is 18.4 Å². The van der Waals surface area contributed by atoms with Crippen molar-refractivity contribution >= 4 is 15.9 Å². The fraction of sp³-hybridized carbons (Fsp3) is 0.818. The summed E-state index contributed by atoms with van der Waals surface area (Å²) in [5, 5.41) is 3.33. The summed E-state index contributed by atoms with van der Waals surface area (Å²) >= 11 is 3.55. The Bertz CT molecular complexity index is 194. The van der Waals surface area contributed by atoms with E-state index in [0.29, 0.717) is 0 Å². The largest absolute Gasteiger partial charge is 0.380 e. The number of hydrogen-bond donors (Lipinski definition) is 1. The Hall–Kier alpha value is 0.0200. The Kier molecular flexibility index (Phi) is 3.31. The Morgan fingerprint density at radius 1 is 1.15 bits per heavy atom. The molecule has 74 valence electrons. The molecule has 0 radical (unpaired) electrons. The minimum absolute atomic E-state index is 0.843. The molecule has 1 unspecified atom stereocenters. The predicted octanol–water partition coefficient (Wildman–Crippen LogP) is 3.41. The minimum atomic E-state index is 0.843. The van der Waals surface area contributed by atoms with Gasteiger partial charge in [0.15, 0.2) is 0 Å². The van der Waals surface area contributed by atoms with Crippen LogP contribution in [0.2, 0.25) is 0 Å². The van der Waals surface area contributed by atoms with E-state index in [1.165, 1.54) is 43.1 Å². The zero-order valence-electron chi connectivity index (χ0n) is 8.06. The highest BCUT2D eigenvalue weighted by atomic mass is 79.9. The van der Waals surface area contributed by atoms with Crippen molar-refractivity contribution in [1.29, 1.82) is 0 Å². The van der Waals surface area contributed by atoms with Crippen molar-refractivity contribution in [2.45, 2.75) is 38.5 Å². The maximum absolute atomic E-state index is 3.55. The van der Waals surface area contributed by atoms with Crippen LogP contribution in [-0.2, 0) is 0 Å². The van der Waals surface area contributed by atoms with Crippen LogP contribution in [0.3, 0.4) is 0 Å². The van der Waals surface area contributed by atoms with E-state index in [1.807, 2.05) is 0 Å². The summed E-state index contributed by atoms with van der Waals surface area (Å²) in [4.78, 5) is 0. The molecule has 0 aromatic carbocycles. The molecule has 0 bridgehead atoms. The topological polar surface area (TPSA) is 12.0 Å². The lowest BCUT2D eigenvalue weighted by atomic mass is 9.78. The number of hydrogen-bond acceptors (Lipinski definition) is 1. The summed E-state index contributed by atoms with van der Waals surface area (Å²) in [7, 11) is 0. The van der Waals surface area contributed by atoms with Gasteiger partial charge in [-0.1, -0.05) is 25.3 Å². The first kappa shape index (κ1) is 9.57. The Balaban J connectivity index is 1.94. The van der Waals surface area contributed by atoms with Gasteiger partial charge in [0.1, 0.15) is 0 Å². The highest BCUT2D eigenvalue weighted by molar-refractivity contribution is 9.11. The van der Waals surface area contributed by atoms with E-state index in [1.54, 1.807) is 0 Å². The normalized spacial score (nSPS) is 30.8. The third-order valence-electron chi connectivity index (χ3n) is 3.39. The van der Waals surface area contributed by atoms with E-state index in [4.69, 9.17) is 0 Å². The molecule has 1 saturated carbocycles. The molecule has 0 amide bonds. The van der Waals surface area contributed by atoms with Crippen LogP contribution in [0.1, 0.15) is 38.5 Å². The van der Waals surface area contributed by atoms with Crippen molar-refractivity contribution in [2.75, 3.05) is 6.54 Å². The Labute approximate surface area is 89.1 Å². The Morgan fingerprint density at radius 3 is 2.62 bits per heavy atom. The maximum atomic E-state index is 3.55. The van der Waals surface area contributed by atoms with Gasteiger partial charge in [-0.2, -0.15) is 0 Å². The lowest BCUT2D eigenvalue weighted by Gasteiger charge is -2.31. The number of allylic oxidation sites excluding steroid dienone is 1. The average Bonchev–Trinajstić information content (AvgIpc) is 2.19. The first-order valence-corrected chi connectivity index (χ1v) is 6.27. The molecule has 2 aliphatic rings. The van der Waals surface area contributed by atoms with E-state index in [2.05, 4.69) is 27.3 Å². The molecular weight excluding hydrogens is 226 g/mol. The first-order chi connectivity index (χ1) is 6.36. The van der Waals surface area contributed by atoms with Crippen LogP contribution in [0.25, 0.3) is 0 Å². The Morgan fingerprint density at radius 2 is 1.92 bits per heavy atom. The SMILES string of the molecule is BrC1=CC(C2CCCCC2)CCN1. The van der Waals surface area contributed by atoms with Crippen molar-refractivity contribution in [3.8, 4) is 0 Å². The zero-order valence-corrected chi connectivity index (χ0v) is 9.65. The van der Waals surface area contributed by atoms with Gasteiger partial charge < -0.3 is 5.32 Å². The second-order valence-electron chi connectivity index (χ2n) is 4.29. The van der Waals surface area contributed by atoms with Crippen molar-refractivity contribution in [3.63, 3.8) is 0 Å². The summed E-state index contributed by atoms with van der Waals surface area (Å²) in [6, 6.07) is 0. The highest BCUT2D eigenvalue weighted by Gasteiger charge is 2.23. The quantitative estimate of drug-likeness (QED) is 0.697. The lowest BCUT2D eigenvalue weighted by molar-refractivity contribution is 0.269. The van der Waals surface area contributed by atoms with Gasteiger partial charge in [0.25, 0.3) is 0 Å². The second kappa shape index (κ2) is 4.50. The fourth-order valence-corrected chi connectivity index (χ4v) is 3.16. The summed E-state index contributed by atoms with van der Waals surface area (Å²) in [5.74, 6) is 1.82. The number of nitrogens with one attached hydrogen (secondary N) is 1. The molecule has 0 saturated heterocycles. The third-order valence-corrected chi connectivity index (χ3v) is 3.93. The molecule has 2 rings (SSSR count). The van der Waals surface area contributed by atoms with Gasteiger partial charge in [-0.05, 0) is 47.0 Å². The van der Waals surface area contributed by atoms with Gasteiger partial charge >= 0.3 is 0 Å². The molecule has 1 heterocycles. The van der Waals surface area contributed by atoms with E-state index >= 15 is 0 Å². The summed E-state index contributed by atoms with van der Waals surface area (Å²) < 4.78 is 1.22. The number of halogens is 1. The molecule has 1 aliphatic carbocycles. The fourth-order valence-electron chi connectivity index (χ4n) is 2.62. The monoisotopic (exact) mass is 243 g/mol. The predicted molar refractivity (Wildman–Crippen MR) is 59.7 cm³/mol. The first-order valence-electron chi connectivity index (χ1n) is 5.47. The van der Waals surface area contributed by atoms with Crippen molar-refractivity contribution in [2.24, 2.45) is 11.8 Å². The molecule has 0 aromatic rings. The van der Waals surface area contributed by atoms with Crippen LogP contribution < -0.4 is 5.32 Å². The van der Waals surface area contributed by atoms with Gasteiger partial charge in [0, 0.05) is 6.54 Å². The summed E-state index contributed by atoms with van der Waals surface area (Å²) in [5.41, 5.74) is 0. The average molecular weight is 244 g/mol. The lowest BCUT2D eigenvalue weighted by Crippen LogP contribution is -2.26. The molecule has 0 spiro atoms. The molecule has 0 aromatic heterocycles. The van der Waals surface area contributed by atoms with Crippen LogP contribution in [0.4, 0.5) is 0 Å². The minimum Gasteiger partial charge on any atom is -0.380 e. The van der Waals surface area contributed by atoms with Crippen molar-refractivity contribution in [3.05, 3.63) is 10.7 Å². The van der Waals surface area contributed by atoms with E-state index in [-0.39, 0.29) is 0 Å². The van der Waals surface area contributed by atoms with Crippen LogP contribution >= 0.6 is 15.9 Å². The second-order valence-corrected chi connectivity index (χ2v) is 5.15. The molecular formula is C11H18BrN. The smallest absolute Gasteiger partial charge is 0.0742 e. The zero-order chi connectivity index (χ0) is 9.10.